The number of imidazole rings is 1. The van der Waals surface area contributed by atoms with Crippen LogP contribution in [0.5, 0.6) is 0 Å². The molecule has 2 aromatic heterocycles. The van der Waals surface area contributed by atoms with Crippen LogP contribution in [0.3, 0.4) is 0 Å². The number of halogens is 1. The molecule has 3 heterocycles. The number of nitrogens with zero attached hydrogens (tertiary/aromatic N) is 4. The van der Waals surface area contributed by atoms with Crippen molar-refractivity contribution in [1.29, 1.82) is 0 Å². The summed E-state index contributed by atoms with van der Waals surface area (Å²) in [6.45, 7) is 11.7. The van der Waals surface area contributed by atoms with E-state index >= 15 is 0 Å². The SMILES string of the molecule is CC(C)(C)[Si](C)(C)O[C@H]1CCCN(C(=O)OCc2ccccc2)[C@@H]1CC(=O)Cn1cnc2c(-c3cccc(F)c3)nccc21. The molecule has 10 heteroatoms. The summed E-state index contributed by atoms with van der Waals surface area (Å²) in [6, 6.07) is 17.1. The van der Waals surface area contributed by atoms with Gasteiger partial charge in [0, 0.05) is 24.7 Å². The Morgan fingerprint density at radius 2 is 1.82 bits per heavy atom. The topological polar surface area (TPSA) is 86.5 Å². The molecular formula is C34H41FN4O4Si. The van der Waals surface area contributed by atoms with Crippen molar-refractivity contribution in [1.82, 2.24) is 19.4 Å². The van der Waals surface area contributed by atoms with Crippen LogP contribution in [0.15, 0.2) is 73.2 Å². The summed E-state index contributed by atoms with van der Waals surface area (Å²) in [5.41, 5.74) is 3.39. The van der Waals surface area contributed by atoms with Crippen LogP contribution in [0.4, 0.5) is 9.18 Å². The molecule has 1 fully saturated rings. The van der Waals surface area contributed by atoms with E-state index in [1.54, 1.807) is 40.2 Å². The fraction of sp³-hybridized carbons (Fsp3) is 0.412. The van der Waals surface area contributed by atoms with Crippen molar-refractivity contribution < 1.29 is 23.1 Å². The molecule has 0 N–H and O–H groups in total. The number of hydrogen-bond donors (Lipinski definition) is 0. The van der Waals surface area contributed by atoms with Crippen molar-refractivity contribution in [2.24, 2.45) is 0 Å². The second-order valence-electron chi connectivity index (χ2n) is 13.0. The molecule has 2 atom stereocenters. The Morgan fingerprint density at radius 1 is 1.05 bits per heavy atom. The lowest BCUT2D eigenvalue weighted by Gasteiger charge is -2.46. The van der Waals surface area contributed by atoms with Crippen LogP contribution < -0.4 is 0 Å². The van der Waals surface area contributed by atoms with Gasteiger partial charge in [0.1, 0.15) is 17.9 Å². The van der Waals surface area contributed by atoms with E-state index < -0.39 is 20.5 Å². The lowest BCUT2D eigenvalue weighted by atomic mass is 9.95. The minimum absolute atomic E-state index is 0.0270. The van der Waals surface area contributed by atoms with Crippen molar-refractivity contribution in [3.8, 4) is 11.3 Å². The Labute approximate surface area is 259 Å². The minimum atomic E-state index is -2.20. The number of amides is 1. The Kier molecular flexibility index (Phi) is 9.31. The first-order valence-electron chi connectivity index (χ1n) is 15.2. The number of benzene rings is 2. The summed E-state index contributed by atoms with van der Waals surface area (Å²) >= 11 is 0. The first-order chi connectivity index (χ1) is 20.9. The van der Waals surface area contributed by atoms with Gasteiger partial charge in [-0.05, 0) is 54.7 Å². The summed E-state index contributed by atoms with van der Waals surface area (Å²) in [4.78, 5) is 37.9. The van der Waals surface area contributed by atoms with Crippen molar-refractivity contribution in [2.45, 2.75) is 83.5 Å². The summed E-state index contributed by atoms with van der Waals surface area (Å²) in [7, 11) is -2.20. The molecule has 0 bridgehead atoms. The van der Waals surface area contributed by atoms with Gasteiger partial charge in [0.15, 0.2) is 14.1 Å². The fourth-order valence-corrected chi connectivity index (χ4v) is 6.82. The Hall–Kier alpha value is -3.89. The van der Waals surface area contributed by atoms with Crippen LogP contribution in [-0.2, 0) is 27.1 Å². The van der Waals surface area contributed by atoms with E-state index in [1.165, 1.54) is 12.1 Å². The van der Waals surface area contributed by atoms with E-state index in [0.717, 1.165) is 23.9 Å². The van der Waals surface area contributed by atoms with E-state index in [1.807, 2.05) is 30.3 Å². The van der Waals surface area contributed by atoms with Crippen molar-refractivity contribution >= 4 is 31.2 Å². The van der Waals surface area contributed by atoms with Crippen LogP contribution in [0, 0.1) is 5.82 Å². The van der Waals surface area contributed by atoms with Gasteiger partial charge < -0.3 is 18.6 Å². The van der Waals surface area contributed by atoms with E-state index in [-0.39, 0.29) is 42.3 Å². The number of fused-ring (bicyclic) bond motifs is 1. The lowest BCUT2D eigenvalue weighted by molar-refractivity contribution is -0.122. The minimum Gasteiger partial charge on any atom is -0.445 e. The van der Waals surface area contributed by atoms with Gasteiger partial charge in [0.2, 0.25) is 0 Å². The summed E-state index contributed by atoms with van der Waals surface area (Å²) < 4.78 is 28.3. The van der Waals surface area contributed by atoms with Crippen molar-refractivity contribution in [2.75, 3.05) is 6.54 Å². The van der Waals surface area contributed by atoms with Gasteiger partial charge in [-0.15, -0.1) is 0 Å². The monoisotopic (exact) mass is 616 g/mol. The number of aromatic nitrogens is 3. The molecule has 1 saturated heterocycles. The molecule has 44 heavy (non-hydrogen) atoms. The third kappa shape index (κ3) is 7.08. The average Bonchev–Trinajstić information content (AvgIpc) is 3.39. The van der Waals surface area contributed by atoms with Crippen LogP contribution in [0.1, 0.15) is 45.6 Å². The predicted octanol–water partition coefficient (Wildman–Crippen LogP) is 7.39. The van der Waals surface area contributed by atoms with Crippen molar-refractivity contribution in [3.63, 3.8) is 0 Å². The van der Waals surface area contributed by atoms with Gasteiger partial charge in [-0.3, -0.25) is 9.78 Å². The zero-order valence-corrected chi connectivity index (χ0v) is 27.1. The van der Waals surface area contributed by atoms with Crippen LogP contribution in [-0.4, -0.2) is 58.3 Å². The van der Waals surface area contributed by atoms with Gasteiger partial charge >= 0.3 is 6.09 Å². The van der Waals surface area contributed by atoms with Gasteiger partial charge in [-0.1, -0.05) is 63.2 Å². The van der Waals surface area contributed by atoms with Crippen LogP contribution in [0.25, 0.3) is 22.3 Å². The number of carbonyl (C=O) groups is 2. The number of rotatable bonds is 9. The zero-order valence-electron chi connectivity index (χ0n) is 26.1. The third-order valence-corrected chi connectivity index (χ3v) is 13.3. The summed E-state index contributed by atoms with van der Waals surface area (Å²) in [5, 5.41) is -0.0270. The lowest BCUT2D eigenvalue weighted by Crippen LogP contribution is -2.56. The predicted molar refractivity (Wildman–Crippen MR) is 171 cm³/mol. The maximum Gasteiger partial charge on any atom is 0.410 e. The molecular weight excluding hydrogens is 575 g/mol. The third-order valence-electron chi connectivity index (χ3n) is 8.83. The molecule has 1 amide bonds. The first kappa shape index (κ1) is 31.5. The van der Waals surface area contributed by atoms with Gasteiger partial charge in [-0.25, -0.2) is 14.2 Å². The Balaban J connectivity index is 1.37. The molecule has 0 radical (unpaired) electrons. The van der Waals surface area contributed by atoms with E-state index in [2.05, 4.69) is 43.8 Å². The van der Waals surface area contributed by atoms with E-state index in [0.29, 0.717) is 23.3 Å². The summed E-state index contributed by atoms with van der Waals surface area (Å²) in [6.07, 6.45) is 4.20. The molecule has 4 aromatic rings. The molecule has 1 aliphatic rings. The Morgan fingerprint density at radius 3 is 2.55 bits per heavy atom. The number of carbonyl (C=O) groups excluding carboxylic acids is 2. The van der Waals surface area contributed by atoms with Gasteiger partial charge in [-0.2, -0.15) is 0 Å². The second-order valence-corrected chi connectivity index (χ2v) is 17.8. The molecule has 0 unspecified atom stereocenters. The zero-order chi connectivity index (χ0) is 31.5. The number of Topliss-reactive ketones (excluding diaryl/α,β-unsaturated/α-hetero) is 1. The number of likely N-dealkylation sites (tertiary alicyclic amines) is 1. The maximum absolute atomic E-state index is 13.9. The number of ketones is 1. The molecule has 0 spiro atoms. The molecule has 232 valence electrons. The highest BCUT2D eigenvalue weighted by molar-refractivity contribution is 6.74. The number of hydrogen-bond acceptors (Lipinski definition) is 6. The highest BCUT2D eigenvalue weighted by Gasteiger charge is 2.44. The number of pyridine rings is 1. The second kappa shape index (κ2) is 13.0. The normalized spacial score (nSPS) is 17.5. The van der Waals surface area contributed by atoms with E-state index in [9.17, 15) is 14.0 Å². The largest absolute Gasteiger partial charge is 0.445 e. The smallest absolute Gasteiger partial charge is 0.410 e. The van der Waals surface area contributed by atoms with Crippen molar-refractivity contribution in [3.05, 3.63) is 84.6 Å². The quantitative estimate of drug-likeness (QED) is 0.182. The molecule has 5 rings (SSSR count). The van der Waals surface area contributed by atoms with Crippen LogP contribution >= 0.6 is 0 Å². The number of ether oxygens (including phenoxy) is 1. The molecule has 2 aromatic carbocycles. The molecule has 0 saturated carbocycles. The van der Waals surface area contributed by atoms with Gasteiger partial charge in [0.05, 0.1) is 36.2 Å². The average molecular weight is 617 g/mol. The Bertz CT molecular complexity index is 1620. The van der Waals surface area contributed by atoms with Gasteiger partial charge in [0.25, 0.3) is 0 Å². The maximum atomic E-state index is 13.9. The molecule has 1 aliphatic heterocycles. The highest BCUT2D eigenvalue weighted by atomic mass is 28.4. The molecule has 8 nitrogen and oxygen atoms in total. The molecule has 0 aliphatic carbocycles. The fourth-order valence-electron chi connectivity index (χ4n) is 5.44. The van der Waals surface area contributed by atoms with Crippen LogP contribution in [0.2, 0.25) is 18.1 Å². The standard InChI is InChI=1S/C34H41FN4O4Si/c1-34(2,3)44(4,5)43-30-15-10-18-39(33(41)42-22-24-11-7-6-8-12-24)29(30)20-27(40)21-38-23-37-32-28(38)16-17-36-31(32)25-13-9-14-26(35)19-25/h6-9,11-14,16-17,19,23,29-30H,10,15,18,20-22H2,1-5H3/t29-,30+/m1/s1. The van der Waals surface area contributed by atoms with E-state index in [4.69, 9.17) is 9.16 Å². The summed E-state index contributed by atoms with van der Waals surface area (Å²) in [5.74, 6) is -0.408. The number of piperidine rings is 1. The highest BCUT2D eigenvalue weighted by Crippen LogP contribution is 2.39. The first-order valence-corrected chi connectivity index (χ1v) is 18.1.